The van der Waals surface area contributed by atoms with Crippen molar-refractivity contribution in [3.63, 3.8) is 0 Å². The largest absolute Gasteiger partial charge is 0.362 e. The summed E-state index contributed by atoms with van der Waals surface area (Å²) in [6.07, 6.45) is 0. The topological polar surface area (TPSA) is 3.24 Å². The molecule has 1 aliphatic rings. The van der Waals surface area contributed by atoms with Crippen LogP contribution in [-0.2, 0) is 0 Å². The van der Waals surface area contributed by atoms with E-state index < -0.39 is 0 Å². The summed E-state index contributed by atoms with van der Waals surface area (Å²) in [5.74, 6) is 0. The zero-order valence-corrected chi connectivity index (χ0v) is 7.56. The average Bonchev–Trinajstić information content (AvgIpc) is 2.30. The molecule has 2 rings (SSSR count). The molecule has 0 N–H and O–H groups in total. The van der Waals surface area contributed by atoms with Gasteiger partial charge in [0, 0.05) is 11.9 Å². The van der Waals surface area contributed by atoms with Crippen molar-refractivity contribution < 1.29 is 0 Å². The van der Waals surface area contributed by atoms with Gasteiger partial charge >= 0.3 is 0 Å². The van der Waals surface area contributed by atoms with Gasteiger partial charge in [0.15, 0.2) is 0 Å². The van der Waals surface area contributed by atoms with Gasteiger partial charge in [-0.1, -0.05) is 23.9 Å². The van der Waals surface area contributed by atoms with Crippen molar-refractivity contribution in [3.05, 3.63) is 24.3 Å². The second-order valence-corrected chi connectivity index (χ2v) is 4.15. The predicted molar refractivity (Wildman–Crippen MR) is 50.2 cm³/mol. The normalized spacial score (nSPS) is 22.0. The van der Waals surface area contributed by atoms with Crippen LogP contribution in [0.4, 0.5) is 5.69 Å². The van der Waals surface area contributed by atoms with E-state index in [1.54, 1.807) is 0 Å². The van der Waals surface area contributed by atoms with Crippen LogP contribution in [0.5, 0.6) is 0 Å². The van der Waals surface area contributed by atoms with Crippen molar-refractivity contribution >= 4 is 17.4 Å². The molecule has 1 aromatic carbocycles. The number of para-hydroxylation sites is 1. The lowest BCUT2D eigenvalue weighted by molar-refractivity contribution is 0.924. The van der Waals surface area contributed by atoms with Gasteiger partial charge in [-0.15, -0.1) is 0 Å². The molecule has 0 spiro atoms. The minimum Gasteiger partial charge on any atom is -0.362 e. The molecule has 0 bridgehead atoms. The summed E-state index contributed by atoms with van der Waals surface area (Å²) >= 11 is 1.93. The van der Waals surface area contributed by atoms with Gasteiger partial charge in [-0.3, -0.25) is 0 Å². The minimum absolute atomic E-state index is 0.590. The molecule has 0 amide bonds. The monoisotopic (exact) mass is 165 g/mol. The molecule has 0 aliphatic carbocycles. The first-order valence-electron chi connectivity index (χ1n) is 3.77. The van der Waals surface area contributed by atoms with E-state index in [2.05, 4.69) is 43.1 Å². The highest BCUT2D eigenvalue weighted by Crippen LogP contribution is 2.41. The Kier molecular flexibility index (Phi) is 1.57. The SMILES string of the molecule is CC1Sc2ccccc2N1C. The Hall–Kier alpha value is -0.630. The summed E-state index contributed by atoms with van der Waals surface area (Å²) in [6.45, 7) is 2.23. The molecule has 11 heavy (non-hydrogen) atoms. The maximum absolute atomic E-state index is 2.31. The molecule has 1 nitrogen and oxygen atoms in total. The molecular weight excluding hydrogens is 154 g/mol. The fourth-order valence-corrected chi connectivity index (χ4v) is 2.44. The van der Waals surface area contributed by atoms with Crippen molar-refractivity contribution in [1.29, 1.82) is 0 Å². The molecule has 1 atom stereocenters. The van der Waals surface area contributed by atoms with E-state index in [0.717, 1.165) is 0 Å². The highest BCUT2D eigenvalue weighted by molar-refractivity contribution is 8.00. The molecule has 0 radical (unpaired) electrons. The number of hydrogen-bond donors (Lipinski definition) is 0. The summed E-state index contributed by atoms with van der Waals surface area (Å²) in [4.78, 5) is 3.71. The van der Waals surface area contributed by atoms with Gasteiger partial charge < -0.3 is 4.90 Å². The van der Waals surface area contributed by atoms with Crippen LogP contribution in [0.2, 0.25) is 0 Å². The van der Waals surface area contributed by atoms with Gasteiger partial charge in [0.1, 0.15) is 0 Å². The van der Waals surface area contributed by atoms with E-state index in [9.17, 15) is 0 Å². The van der Waals surface area contributed by atoms with Crippen LogP contribution < -0.4 is 4.90 Å². The van der Waals surface area contributed by atoms with Crippen molar-refractivity contribution in [1.82, 2.24) is 0 Å². The van der Waals surface area contributed by atoms with Crippen LogP contribution in [0.25, 0.3) is 0 Å². The second-order valence-electron chi connectivity index (χ2n) is 2.80. The zero-order chi connectivity index (χ0) is 7.84. The lowest BCUT2D eigenvalue weighted by atomic mass is 10.3. The van der Waals surface area contributed by atoms with Crippen molar-refractivity contribution in [2.75, 3.05) is 11.9 Å². The van der Waals surface area contributed by atoms with Gasteiger partial charge in [0.05, 0.1) is 11.1 Å². The van der Waals surface area contributed by atoms with E-state index in [1.807, 2.05) is 11.8 Å². The fourth-order valence-electron chi connectivity index (χ4n) is 1.31. The maximum Gasteiger partial charge on any atom is 0.0766 e. The maximum atomic E-state index is 2.31. The van der Waals surface area contributed by atoms with Crippen LogP contribution in [-0.4, -0.2) is 12.4 Å². The lowest BCUT2D eigenvalue weighted by Gasteiger charge is -2.16. The Morgan fingerprint density at radius 1 is 1.36 bits per heavy atom. The molecule has 58 valence electrons. The molecule has 2 heteroatoms. The van der Waals surface area contributed by atoms with Crippen molar-refractivity contribution in [2.24, 2.45) is 0 Å². The molecule has 1 heterocycles. The molecule has 0 fully saturated rings. The lowest BCUT2D eigenvalue weighted by Crippen LogP contribution is -2.20. The van der Waals surface area contributed by atoms with Crippen LogP contribution in [0.3, 0.4) is 0 Å². The van der Waals surface area contributed by atoms with Crippen LogP contribution in [0, 0.1) is 0 Å². The molecular formula is C9H11NS. The quantitative estimate of drug-likeness (QED) is 0.581. The van der Waals surface area contributed by atoms with Gasteiger partial charge in [0.25, 0.3) is 0 Å². The first kappa shape index (κ1) is 7.04. The summed E-state index contributed by atoms with van der Waals surface area (Å²) in [7, 11) is 2.14. The van der Waals surface area contributed by atoms with Gasteiger partial charge in [0.2, 0.25) is 0 Å². The van der Waals surface area contributed by atoms with E-state index in [4.69, 9.17) is 0 Å². The zero-order valence-electron chi connectivity index (χ0n) is 6.74. The van der Waals surface area contributed by atoms with E-state index >= 15 is 0 Å². The number of benzene rings is 1. The van der Waals surface area contributed by atoms with Crippen LogP contribution in [0.1, 0.15) is 6.92 Å². The summed E-state index contributed by atoms with van der Waals surface area (Å²) in [5.41, 5.74) is 1.37. The van der Waals surface area contributed by atoms with E-state index in [-0.39, 0.29) is 0 Å². The smallest absolute Gasteiger partial charge is 0.0766 e. The minimum atomic E-state index is 0.590. The fraction of sp³-hybridized carbons (Fsp3) is 0.333. The highest BCUT2D eigenvalue weighted by atomic mass is 32.2. The van der Waals surface area contributed by atoms with E-state index in [1.165, 1.54) is 10.6 Å². The number of fused-ring (bicyclic) bond motifs is 1. The Bertz CT molecular complexity index is 272. The Labute approximate surface area is 71.4 Å². The Morgan fingerprint density at radius 3 is 2.82 bits per heavy atom. The molecule has 0 aromatic heterocycles. The van der Waals surface area contributed by atoms with Crippen LogP contribution in [0.15, 0.2) is 29.2 Å². The molecule has 0 saturated carbocycles. The second kappa shape index (κ2) is 2.45. The number of anilines is 1. The van der Waals surface area contributed by atoms with Gasteiger partial charge in [-0.25, -0.2) is 0 Å². The summed E-state index contributed by atoms with van der Waals surface area (Å²) in [6, 6.07) is 8.54. The third kappa shape index (κ3) is 1.02. The molecule has 1 aromatic rings. The number of hydrogen-bond acceptors (Lipinski definition) is 2. The average molecular weight is 165 g/mol. The standard InChI is InChI=1S/C9H11NS/c1-7-10(2)8-5-3-4-6-9(8)11-7/h3-7H,1-2H3. The summed E-state index contributed by atoms with van der Waals surface area (Å²) < 4.78 is 0. The first-order chi connectivity index (χ1) is 5.29. The third-order valence-electron chi connectivity index (χ3n) is 2.09. The number of thioether (sulfide) groups is 1. The van der Waals surface area contributed by atoms with Gasteiger partial charge in [-0.2, -0.15) is 0 Å². The Balaban J connectivity index is 2.47. The Morgan fingerprint density at radius 2 is 2.09 bits per heavy atom. The highest BCUT2D eigenvalue weighted by Gasteiger charge is 2.21. The number of nitrogens with zero attached hydrogens (tertiary/aromatic N) is 1. The van der Waals surface area contributed by atoms with Crippen molar-refractivity contribution in [3.8, 4) is 0 Å². The van der Waals surface area contributed by atoms with Crippen molar-refractivity contribution in [2.45, 2.75) is 17.2 Å². The molecule has 1 aliphatic heterocycles. The van der Waals surface area contributed by atoms with Crippen LogP contribution >= 0.6 is 11.8 Å². The van der Waals surface area contributed by atoms with E-state index in [0.29, 0.717) is 5.37 Å². The first-order valence-corrected chi connectivity index (χ1v) is 4.65. The van der Waals surface area contributed by atoms with Gasteiger partial charge in [-0.05, 0) is 19.1 Å². The molecule has 1 unspecified atom stereocenters. The molecule has 0 saturated heterocycles. The number of rotatable bonds is 0. The predicted octanol–water partition coefficient (Wildman–Crippen LogP) is 2.57. The summed E-state index contributed by atoms with van der Waals surface area (Å²) in [5, 5.41) is 0.590. The third-order valence-corrected chi connectivity index (χ3v) is 3.34.